The van der Waals surface area contributed by atoms with E-state index in [1.165, 1.54) is 24.3 Å². The number of rotatable bonds is 5. The van der Waals surface area contributed by atoms with Gasteiger partial charge in [-0.05, 0) is 43.5 Å². The van der Waals surface area contributed by atoms with Gasteiger partial charge >= 0.3 is 0 Å². The number of likely N-dealkylation sites (tertiary alicyclic amines) is 1. The third-order valence-electron chi connectivity index (χ3n) is 3.85. The van der Waals surface area contributed by atoms with Crippen LogP contribution >= 0.6 is 11.6 Å². The summed E-state index contributed by atoms with van der Waals surface area (Å²) < 4.78 is 12.9. The maximum absolute atomic E-state index is 12.9. The predicted octanol–water partition coefficient (Wildman–Crippen LogP) is 2.42. The highest BCUT2D eigenvalue weighted by Gasteiger charge is 2.27. The first-order valence-corrected chi connectivity index (χ1v) is 8.04. The summed E-state index contributed by atoms with van der Waals surface area (Å²) in [5.74, 6) is 0.0571. The van der Waals surface area contributed by atoms with Crippen molar-refractivity contribution < 1.29 is 14.0 Å². The van der Waals surface area contributed by atoms with Gasteiger partial charge in [-0.15, -0.1) is 11.6 Å². The molecule has 1 aliphatic heterocycles. The first-order valence-electron chi connectivity index (χ1n) is 7.50. The van der Waals surface area contributed by atoms with E-state index in [0.717, 1.165) is 6.42 Å². The number of hydrogen-bond acceptors (Lipinski definition) is 2. The molecule has 4 nitrogen and oxygen atoms in total. The van der Waals surface area contributed by atoms with Gasteiger partial charge < -0.3 is 10.2 Å². The van der Waals surface area contributed by atoms with E-state index in [1.807, 2.05) is 0 Å². The van der Waals surface area contributed by atoms with E-state index in [-0.39, 0.29) is 23.5 Å². The van der Waals surface area contributed by atoms with Crippen LogP contribution in [-0.4, -0.2) is 42.2 Å². The van der Waals surface area contributed by atoms with Gasteiger partial charge in [0.15, 0.2) is 0 Å². The van der Waals surface area contributed by atoms with E-state index in [1.54, 1.807) is 4.90 Å². The molecular weight excluding hydrogens is 307 g/mol. The van der Waals surface area contributed by atoms with Crippen LogP contribution in [0.25, 0.3) is 0 Å². The van der Waals surface area contributed by atoms with Gasteiger partial charge in [0.2, 0.25) is 5.91 Å². The van der Waals surface area contributed by atoms with Crippen molar-refractivity contribution in [1.29, 1.82) is 0 Å². The summed E-state index contributed by atoms with van der Waals surface area (Å²) in [6, 6.07) is 5.54. The van der Waals surface area contributed by atoms with Crippen molar-refractivity contribution in [1.82, 2.24) is 10.2 Å². The number of halogens is 2. The topological polar surface area (TPSA) is 49.4 Å². The summed E-state index contributed by atoms with van der Waals surface area (Å²) in [5.41, 5.74) is 0.478. The standard InChI is InChI=1S/C16H20ClFN2O2/c17-8-1-9-19-15(21)12-6-10-20(11-7-12)16(22)13-2-4-14(18)5-3-13/h2-5,12H,1,6-11H2,(H,19,21). The molecule has 120 valence electrons. The largest absolute Gasteiger partial charge is 0.356 e. The van der Waals surface area contributed by atoms with Crippen molar-refractivity contribution in [2.24, 2.45) is 5.92 Å². The minimum absolute atomic E-state index is 0.0407. The second-order valence-corrected chi connectivity index (χ2v) is 5.78. The first kappa shape index (κ1) is 16.7. The number of benzene rings is 1. The van der Waals surface area contributed by atoms with E-state index < -0.39 is 0 Å². The van der Waals surface area contributed by atoms with Crippen LogP contribution in [-0.2, 0) is 4.79 Å². The smallest absolute Gasteiger partial charge is 0.253 e. The van der Waals surface area contributed by atoms with E-state index in [0.29, 0.717) is 43.9 Å². The lowest BCUT2D eigenvalue weighted by atomic mass is 9.95. The number of carbonyl (C=O) groups is 2. The average molecular weight is 327 g/mol. The predicted molar refractivity (Wildman–Crippen MR) is 83.4 cm³/mol. The second kappa shape index (κ2) is 8.13. The van der Waals surface area contributed by atoms with Crippen molar-refractivity contribution in [3.8, 4) is 0 Å². The highest BCUT2D eigenvalue weighted by molar-refractivity contribution is 6.17. The SMILES string of the molecule is O=C(NCCCCl)C1CCN(C(=O)c2ccc(F)cc2)CC1. The molecule has 1 saturated heterocycles. The Hall–Kier alpha value is -1.62. The summed E-state index contributed by atoms with van der Waals surface area (Å²) >= 11 is 5.57. The fraction of sp³-hybridized carbons (Fsp3) is 0.500. The number of piperidine rings is 1. The van der Waals surface area contributed by atoms with E-state index in [4.69, 9.17) is 11.6 Å². The van der Waals surface area contributed by atoms with Crippen molar-refractivity contribution in [2.75, 3.05) is 25.5 Å². The molecule has 1 aliphatic rings. The molecule has 0 aromatic heterocycles. The van der Waals surface area contributed by atoms with Crippen molar-refractivity contribution in [3.05, 3.63) is 35.6 Å². The third kappa shape index (κ3) is 4.44. The molecule has 6 heteroatoms. The molecule has 0 bridgehead atoms. The molecule has 1 aromatic rings. The Bertz CT molecular complexity index is 513. The number of amides is 2. The first-order chi connectivity index (χ1) is 10.6. The number of nitrogens with one attached hydrogen (secondary N) is 1. The van der Waals surface area contributed by atoms with Gasteiger partial charge in [0.05, 0.1) is 0 Å². The molecular formula is C16H20ClFN2O2. The fourth-order valence-corrected chi connectivity index (χ4v) is 2.68. The molecule has 0 radical (unpaired) electrons. The number of carbonyl (C=O) groups excluding carboxylic acids is 2. The Morgan fingerprint density at radius 3 is 2.45 bits per heavy atom. The second-order valence-electron chi connectivity index (χ2n) is 5.41. The van der Waals surface area contributed by atoms with Crippen LogP contribution in [0.4, 0.5) is 4.39 Å². The molecule has 0 spiro atoms. The molecule has 0 atom stereocenters. The van der Waals surface area contributed by atoms with Crippen LogP contribution in [0.2, 0.25) is 0 Å². The zero-order chi connectivity index (χ0) is 15.9. The lowest BCUT2D eigenvalue weighted by Gasteiger charge is -2.31. The molecule has 22 heavy (non-hydrogen) atoms. The maximum atomic E-state index is 12.9. The van der Waals surface area contributed by atoms with Crippen LogP contribution in [0.5, 0.6) is 0 Å². The number of alkyl halides is 1. The Balaban J connectivity index is 1.82. The molecule has 2 amide bonds. The molecule has 1 N–H and O–H groups in total. The van der Waals surface area contributed by atoms with Crippen molar-refractivity contribution in [2.45, 2.75) is 19.3 Å². The van der Waals surface area contributed by atoms with Crippen LogP contribution in [0.15, 0.2) is 24.3 Å². The minimum atomic E-state index is -0.358. The zero-order valence-corrected chi connectivity index (χ0v) is 13.1. The lowest BCUT2D eigenvalue weighted by molar-refractivity contribution is -0.126. The summed E-state index contributed by atoms with van der Waals surface area (Å²) in [5, 5.41) is 2.87. The van der Waals surface area contributed by atoms with Crippen LogP contribution in [0.3, 0.4) is 0 Å². The van der Waals surface area contributed by atoms with Gasteiger partial charge in [-0.1, -0.05) is 0 Å². The monoisotopic (exact) mass is 326 g/mol. The van der Waals surface area contributed by atoms with Crippen molar-refractivity contribution in [3.63, 3.8) is 0 Å². The van der Waals surface area contributed by atoms with Crippen LogP contribution in [0, 0.1) is 11.7 Å². The molecule has 1 heterocycles. The summed E-state index contributed by atoms with van der Waals surface area (Å²) in [4.78, 5) is 26.0. The molecule has 0 aliphatic carbocycles. The van der Waals surface area contributed by atoms with E-state index in [2.05, 4.69) is 5.32 Å². The minimum Gasteiger partial charge on any atom is -0.356 e. The summed E-state index contributed by atoms with van der Waals surface area (Å²) in [6.45, 7) is 1.69. The Morgan fingerprint density at radius 1 is 1.23 bits per heavy atom. The number of hydrogen-bond donors (Lipinski definition) is 1. The van der Waals surface area contributed by atoms with Gasteiger partial charge in [-0.25, -0.2) is 4.39 Å². The Morgan fingerprint density at radius 2 is 1.86 bits per heavy atom. The number of nitrogens with zero attached hydrogens (tertiary/aromatic N) is 1. The molecule has 1 fully saturated rings. The van der Waals surface area contributed by atoms with Gasteiger partial charge in [0, 0.05) is 37.0 Å². The maximum Gasteiger partial charge on any atom is 0.253 e. The van der Waals surface area contributed by atoms with E-state index in [9.17, 15) is 14.0 Å². The Labute approximate surface area is 134 Å². The normalized spacial score (nSPS) is 15.6. The third-order valence-corrected chi connectivity index (χ3v) is 4.12. The van der Waals surface area contributed by atoms with E-state index >= 15 is 0 Å². The van der Waals surface area contributed by atoms with Gasteiger partial charge in [-0.2, -0.15) is 0 Å². The summed E-state index contributed by atoms with van der Waals surface area (Å²) in [7, 11) is 0. The fourth-order valence-electron chi connectivity index (χ4n) is 2.54. The quantitative estimate of drug-likeness (QED) is 0.667. The van der Waals surface area contributed by atoms with Gasteiger partial charge in [0.1, 0.15) is 5.82 Å². The highest BCUT2D eigenvalue weighted by Crippen LogP contribution is 2.19. The molecule has 2 rings (SSSR count). The van der Waals surface area contributed by atoms with Gasteiger partial charge in [-0.3, -0.25) is 9.59 Å². The highest BCUT2D eigenvalue weighted by atomic mass is 35.5. The Kier molecular flexibility index (Phi) is 6.19. The van der Waals surface area contributed by atoms with Crippen molar-refractivity contribution >= 4 is 23.4 Å². The van der Waals surface area contributed by atoms with Crippen LogP contribution < -0.4 is 5.32 Å². The average Bonchev–Trinajstić information content (AvgIpc) is 2.55. The van der Waals surface area contributed by atoms with Crippen LogP contribution in [0.1, 0.15) is 29.6 Å². The lowest BCUT2D eigenvalue weighted by Crippen LogP contribution is -2.43. The molecule has 0 unspecified atom stereocenters. The zero-order valence-electron chi connectivity index (χ0n) is 12.4. The van der Waals surface area contributed by atoms with Gasteiger partial charge in [0.25, 0.3) is 5.91 Å². The molecule has 0 saturated carbocycles. The molecule has 1 aromatic carbocycles. The summed E-state index contributed by atoms with van der Waals surface area (Å²) in [6.07, 6.45) is 2.06.